The molecule has 1 aliphatic rings. The minimum absolute atomic E-state index is 0.164. The topological polar surface area (TPSA) is 61.8 Å². The Morgan fingerprint density at radius 1 is 1.30 bits per heavy atom. The van der Waals surface area contributed by atoms with Gasteiger partial charge in [-0.2, -0.15) is 0 Å². The van der Waals surface area contributed by atoms with E-state index in [0.29, 0.717) is 0 Å². The van der Waals surface area contributed by atoms with Crippen LogP contribution in [0.3, 0.4) is 0 Å². The highest BCUT2D eigenvalue weighted by molar-refractivity contribution is 5.96. The van der Waals surface area contributed by atoms with Gasteiger partial charge in [-0.3, -0.25) is 4.90 Å². The lowest BCUT2D eigenvalue weighted by Crippen LogP contribution is -2.24. The van der Waals surface area contributed by atoms with Crippen LogP contribution in [0.4, 0.5) is 0 Å². The van der Waals surface area contributed by atoms with Gasteiger partial charge in [-0.05, 0) is 43.8 Å². The average molecular weight is 275 g/mol. The summed E-state index contributed by atoms with van der Waals surface area (Å²) in [4.78, 5) is 2.54. The zero-order valence-electron chi connectivity index (χ0n) is 12.3. The molecule has 20 heavy (non-hydrogen) atoms. The molecule has 0 saturated carbocycles. The molecule has 0 aromatic heterocycles. The standard InChI is InChI=1S/C16H25N3O/c1-2-13-4-3-10-19(11-9-13)12-14-5-7-15(8-6-14)16(17)18-20/h5-8,13,20H,2-4,9-12H2,1H3,(H2,17,18). The molecule has 1 heterocycles. The van der Waals surface area contributed by atoms with Gasteiger partial charge >= 0.3 is 0 Å². The van der Waals surface area contributed by atoms with Crippen molar-refractivity contribution in [2.45, 2.75) is 39.2 Å². The molecule has 4 nitrogen and oxygen atoms in total. The van der Waals surface area contributed by atoms with Gasteiger partial charge in [-0.15, -0.1) is 0 Å². The molecular formula is C16H25N3O. The summed E-state index contributed by atoms with van der Waals surface area (Å²) in [5.74, 6) is 1.07. The van der Waals surface area contributed by atoms with Gasteiger partial charge in [-0.1, -0.05) is 42.8 Å². The van der Waals surface area contributed by atoms with Crippen molar-refractivity contribution in [2.75, 3.05) is 13.1 Å². The van der Waals surface area contributed by atoms with Gasteiger partial charge in [0.2, 0.25) is 0 Å². The molecule has 1 aromatic rings. The van der Waals surface area contributed by atoms with Crippen LogP contribution in [0.15, 0.2) is 29.4 Å². The molecule has 110 valence electrons. The highest BCUT2D eigenvalue weighted by atomic mass is 16.4. The molecule has 1 saturated heterocycles. The number of oxime groups is 1. The van der Waals surface area contributed by atoms with Gasteiger partial charge < -0.3 is 10.9 Å². The number of amidine groups is 1. The Bertz CT molecular complexity index is 442. The van der Waals surface area contributed by atoms with Crippen molar-refractivity contribution in [3.05, 3.63) is 35.4 Å². The minimum Gasteiger partial charge on any atom is -0.409 e. The van der Waals surface area contributed by atoms with E-state index in [-0.39, 0.29) is 5.84 Å². The number of hydrogen-bond donors (Lipinski definition) is 2. The van der Waals surface area contributed by atoms with Crippen molar-refractivity contribution in [3.63, 3.8) is 0 Å². The van der Waals surface area contributed by atoms with Crippen molar-refractivity contribution in [1.29, 1.82) is 0 Å². The van der Waals surface area contributed by atoms with E-state index >= 15 is 0 Å². The second-order valence-corrected chi connectivity index (χ2v) is 5.66. The third-order valence-corrected chi connectivity index (χ3v) is 4.28. The first-order valence-corrected chi connectivity index (χ1v) is 7.52. The molecule has 0 radical (unpaired) electrons. The zero-order valence-corrected chi connectivity index (χ0v) is 12.3. The van der Waals surface area contributed by atoms with Crippen LogP contribution in [0, 0.1) is 5.92 Å². The van der Waals surface area contributed by atoms with E-state index in [4.69, 9.17) is 10.9 Å². The molecule has 0 bridgehead atoms. The Morgan fingerprint density at radius 2 is 2.05 bits per heavy atom. The van der Waals surface area contributed by atoms with Crippen molar-refractivity contribution >= 4 is 5.84 Å². The largest absolute Gasteiger partial charge is 0.409 e. The lowest BCUT2D eigenvalue weighted by atomic mass is 9.98. The minimum atomic E-state index is 0.164. The molecule has 1 unspecified atom stereocenters. The first-order chi connectivity index (χ1) is 9.72. The molecule has 4 heteroatoms. The molecule has 1 aromatic carbocycles. The molecule has 3 N–H and O–H groups in total. The quantitative estimate of drug-likeness (QED) is 0.384. The third-order valence-electron chi connectivity index (χ3n) is 4.28. The molecule has 0 aliphatic carbocycles. The summed E-state index contributed by atoms with van der Waals surface area (Å²) in [6.07, 6.45) is 5.30. The fraction of sp³-hybridized carbons (Fsp3) is 0.562. The predicted molar refractivity (Wildman–Crippen MR) is 81.9 cm³/mol. The van der Waals surface area contributed by atoms with Crippen molar-refractivity contribution in [1.82, 2.24) is 4.90 Å². The molecule has 0 spiro atoms. The zero-order chi connectivity index (χ0) is 14.4. The first kappa shape index (κ1) is 14.9. The monoisotopic (exact) mass is 275 g/mol. The number of benzene rings is 1. The fourth-order valence-electron chi connectivity index (χ4n) is 2.89. The summed E-state index contributed by atoms with van der Waals surface area (Å²) in [6.45, 7) is 5.68. The first-order valence-electron chi connectivity index (χ1n) is 7.52. The maximum Gasteiger partial charge on any atom is 0.170 e. The van der Waals surface area contributed by atoms with Crippen LogP contribution in [0.5, 0.6) is 0 Å². The maximum absolute atomic E-state index is 8.65. The van der Waals surface area contributed by atoms with Crippen LogP contribution in [-0.2, 0) is 6.54 Å². The van der Waals surface area contributed by atoms with Gasteiger partial charge in [0, 0.05) is 12.1 Å². The van der Waals surface area contributed by atoms with E-state index in [1.54, 1.807) is 0 Å². The molecule has 1 atom stereocenters. The number of hydrogen-bond acceptors (Lipinski definition) is 3. The number of likely N-dealkylation sites (tertiary alicyclic amines) is 1. The molecule has 2 rings (SSSR count). The third kappa shape index (κ3) is 3.97. The Morgan fingerprint density at radius 3 is 2.70 bits per heavy atom. The highest BCUT2D eigenvalue weighted by Crippen LogP contribution is 2.21. The average Bonchev–Trinajstić information content (AvgIpc) is 2.72. The summed E-state index contributed by atoms with van der Waals surface area (Å²) in [5, 5.41) is 11.7. The fourth-order valence-corrected chi connectivity index (χ4v) is 2.89. The maximum atomic E-state index is 8.65. The van der Waals surface area contributed by atoms with E-state index in [0.717, 1.165) is 18.0 Å². The van der Waals surface area contributed by atoms with E-state index in [1.165, 1.54) is 44.3 Å². The van der Waals surface area contributed by atoms with Crippen LogP contribution in [0.25, 0.3) is 0 Å². The molecule has 1 aliphatic heterocycles. The van der Waals surface area contributed by atoms with Crippen LogP contribution in [0.1, 0.15) is 43.7 Å². The molecule has 0 amide bonds. The molecule has 1 fully saturated rings. The van der Waals surface area contributed by atoms with E-state index in [9.17, 15) is 0 Å². The SMILES string of the molecule is CCC1CCCN(Cc2ccc(C(N)=NO)cc2)CC1. The van der Waals surface area contributed by atoms with Crippen molar-refractivity contribution in [2.24, 2.45) is 16.8 Å². The van der Waals surface area contributed by atoms with Gasteiger partial charge in [0.25, 0.3) is 0 Å². The second kappa shape index (κ2) is 7.29. The summed E-state index contributed by atoms with van der Waals surface area (Å²) >= 11 is 0. The van der Waals surface area contributed by atoms with Crippen LogP contribution >= 0.6 is 0 Å². The molecular weight excluding hydrogens is 250 g/mol. The summed E-state index contributed by atoms with van der Waals surface area (Å²) in [6, 6.07) is 7.96. The highest BCUT2D eigenvalue weighted by Gasteiger charge is 2.15. The normalized spacial score (nSPS) is 21.6. The number of rotatable bonds is 4. The van der Waals surface area contributed by atoms with Gasteiger partial charge in [0.1, 0.15) is 0 Å². The summed E-state index contributed by atoms with van der Waals surface area (Å²) < 4.78 is 0. The lowest BCUT2D eigenvalue weighted by molar-refractivity contribution is 0.272. The van der Waals surface area contributed by atoms with E-state index in [2.05, 4.69) is 29.1 Å². The Kier molecular flexibility index (Phi) is 5.41. The number of nitrogens with zero attached hydrogens (tertiary/aromatic N) is 2. The summed E-state index contributed by atoms with van der Waals surface area (Å²) in [7, 11) is 0. The van der Waals surface area contributed by atoms with Crippen molar-refractivity contribution in [3.8, 4) is 0 Å². The van der Waals surface area contributed by atoms with Crippen LogP contribution < -0.4 is 5.73 Å². The van der Waals surface area contributed by atoms with Gasteiger partial charge in [-0.25, -0.2) is 0 Å². The second-order valence-electron chi connectivity index (χ2n) is 5.66. The lowest BCUT2D eigenvalue weighted by Gasteiger charge is -2.20. The van der Waals surface area contributed by atoms with Gasteiger partial charge in [0.15, 0.2) is 5.84 Å². The Labute approximate surface area is 121 Å². The van der Waals surface area contributed by atoms with Crippen molar-refractivity contribution < 1.29 is 5.21 Å². The summed E-state index contributed by atoms with van der Waals surface area (Å²) in [5.41, 5.74) is 7.62. The van der Waals surface area contributed by atoms with E-state index in [1.807, 2.05) is 12.1 Å². The van der Waals surface area contributed by atoms with E-state index < -0.39 is 0 Å². The number of nitrogens with two attached hydrogens (primary N) is 1. The van der Waals surface area contributed by atoms with Crippen LogP contribution in [-0.4, -0.2) is 29.0 Å². The Hall–Kier alpha value is -1.55. The Balaban J connectivity index is 1.93. The predicted octanol–water partition coefficient (Wildman–Crippen LogP) is 2.79. The van der Waals surface area contributed by atoms with Crippen LogP contribution in [0.2, 0.25) is 0 Å². The smallest absolute Gasteiger partial charge is 0.170 e. The van der Waals surface area contributed by atoms with Gasteiger partial charge in [0.05, 0.1) is 0 Å².